The first kappa shape index (κ1) is 14.5. The Labute approximate surface area is 126 Å². The van der Waals surface area contributed by atoms with E-state index in [0.29, 0.717) is 18.5 Å². The summed E-state index contributed by atoms with van der Waals surface area (Å²) in [5.41, 5.74) is 7.77. The maximum Gasteiger partial charge on any atom is 0.160 e. The van der Waals surface area contributed by atoms with Crippen molar-refractivity contribution in [1.82, 2.24) is 19.5 Å². The molecule has 0 aromatic carbocycles. The maximum absolute atomic E-state index is 5.73. The third-order valence-electron chi connectivity index (χ3n) is 4.52. The zero-order valence-corrected chi connectivity index (χ0v) is 13.0. The van der Waals surface area contributed by atoms with Crippen molar-refractivity contribution in [3.05, 3.63) is 29.7 Å². The van der Waals surface area contributed by atoms with E-state index in [1.165, 1.54) is 25.9 Å². The van der Waals surface area contributed by atoms with Crippen LogP contribution in [0.5, 0.6) is 0 Å². The minimum atomic E-state index is 0.554. The highest BCUT2D eigenvalue weighted by Crippen LogP contribution is 2.22. The average molecular weight is 287 g/mol. The molecule has 21 heavy (non-hydrogen) atoms. The predicted octanol–water partition coefficient (Wildman–Crippen LogP) is 1.85. The Hall–Kier alpha value is -1.46. The standard InChI is InChI=1S/C16H25N5/c1-12(2)20-7-3-4-13(10-20)8-16-19-18-15-6-5-14(9-17)11-21(15)16/h5-6,11-13H,3-4,7-10,17H2,1-2H3. The van der Waals surface area contributed by atoms with E-state index in [9.17, 15) is 0 Å². The lowest BCUT2D eigenvalue weighted by Crippen LogP contribution is -2.40. The van der Waals surface area contributed by atoms with Crippen LogP contribution < -0.4 is 5.73 Å². The molecule has 3 rings (SSSR count). The normalized spacial score (nSPS) is 20.5. The second-order valence-corrected chi connectivity index (χ2v) is 6.39. The van der Waals surface area contributed by atoms with Crippen molar-refractivity contribution >= 4 is 5.65 Å². The molecule has 2 aromatic rings. The summed E-state index contributed by atoms with van der Waals surface area (Å²) in [6, 6.07) is 4.65. The van der Waals surface area contributed by atoms with Gasteiger partial charge >= 0.3 is 0 Å². The molecule has 114 valence electrons. The van der Waals surface area contributed by atoms with Crippen LogP contribution in [0.3, 0.4) is 0 Å². The SMILES string of the molecule is CC(C)N1CCCC(Cc2nnc3ccc(CN)cn23)C1. The first-order chi connectivity index (χ1) is 10.2. The van der Waals surface area contributed by atoms with Crippen LogP contribution in [0.1, 0.15) is 38.1 Å². The van der Waals surface area contributed by atoms with E-state index in [1.807, 2.05) is 12.1 Å². The van der Waals surface area contributed by atoms with Gasteiger partial charge in [0.15, 0.2) is 5.65 Å². The van der Waals surface area contributed by atoms with Crippen LogP contribution in [0, 0.1) is 5.92 Å². The summed E-state index contributed by atoms with van der Waals surface area (Å²) in [6.07, 6.45) is 5.65. The first-order valence-electron chi connectivity index (χ1n) is 7.94. The van der Waals surface area contributed by atoms with Gasteiger partial charge in [-0.25, -0.2) is 0 Å². The summed E-state index contributed by atoms with van der Waals surface area (Å²) in [6.45, 7) is 7.51. The minimum absolute atomic E-state index is 0.554. The fourth-order valence-electron chi connectivity index (χ4n) is 3.23. The summed E-state index contributed by atoms with van der Waals surface area (Å²) in [5, 5.41) is 8.66. The Bertz CT molecular complexity index is 604. The zero-order valence-electron chi connectivity index (χ0n) is 13.0. The number of hydrogen-bond donors (Lipinski definition) is 1. The topological polar surface area (TPSA) is 59.5 Å². The quantitative estimate of drug-likeness (QED) is 0.932. The monoisotopic (exact) mass is 287 g/mol. The lowest BCUT2D eigenvalue weighted by atomic mass is 9.93. The summed E-state index contributed by atoms with van der Waals surface area (Å²) < 4.78 is 2.11. The molecule has 1 atom stereocenters. The Kier molecular flexibility index (Phi) is 4.22. The molecule has 0 spiro atoms. The van der Waals surface area contributed by atoms with Gasteiger partial charge in [0.1, 0.15) is 5.82 Å². The van der Waals surface area contributed by atoms with Gasteiger partial charge in [-0.2, -0.15) is 0 Å². The van der Waals surface area contributed by atoms with Gasteiger partial charge in [0.25, 0.3) is 0 Å². The highest BCUT2D eigenvalue weighted by atomic mass is 15.2. The molecule has 0 bridgehead atoms. The Morgan fingerprint density at radius 1 is 1.33 bits per heavy atom. The summed E-state index contributed by atoms with van der Waals surface area (Å²) in [7, 11) is 0. The molecule has 1 saturated heterocycles. The minimum Gasteiger partial charge on any atom is -0.326 e. The number of pyridine rings is 1. The molecule has 5 heteroatoms. The molecule has 3 heterocycles. The molecule has 2 N–H and O–H groups in total. The van der Waals surface area contributed by atoms with Gasteiger partial charge in [0.2, 0.25) is 0 Å². The van der Waals surface area contributed by atoms with Gasteiger partial charge in [-0.3, -0.25) is 4.40 Å². The number of hydrogen-bond acceptors (Lipinski definition) is 4. The van der Waals surface area contributed by atoms with E-state index in [2.05, 4.69) is 39.5 Å². The van der Waals surface area contributed by atoms with E-state index in [-0.39, 0.29) is 0 Å². The number of piperidine rings is 1. The average Bonchev–Trinajstić information content (AvgIpc) is 2.89. The van der Waals surface area contributed by atoms with Crippen LogP contribution in [0.15, 0.2) is 18.3 Å². The van der Waals surface area contributed by atoms with Crippen LogP contribution in [-0.2, 0) is 13.0 Å². The Balaban J connectivity index is 1.78. The van der Waals surface area contributed by atoms with Crippen molar-refractivity contribution < 1.29 is 0 Å². The van der Waals surface area contributed by atoms with Gasteiger partial charge in [-0.15, -0.1) is 10.2 Å². The lowest BCUT2D eigenvalue weighted by Gasteiger charge is -2.35. The molecule has 0 saturated carbocycles. The third kappa shape index (κ3) is 3.09. The largest absolute Gasteiger partial charge is 0.326 e. The van der Waals surface area contributed by atoms with Crippen molar-refractivity contribution in [2.45, 2.75) is 45.7 Å². The predicted molar refractivity (Wildman–Crippen MR) is 84.0 cm³/mol. The molecule has 1 fully saturated rings. The van der Waals surface area contributed by atoms with E-state index in [1.54, 1.807) is 0 Å². The maximum atomic E-state index is 5.73. The number of fused-ring (bicyclic) bond motifs is 1. The highest BCUT2D eigenvalue weighted by Gasteiger charge is 2.23. The number of rotatable bonds is 4. The third-order valence-corrected chi connectivity index (χ3v) is 4.52. The van der Waals surface area contributed by atoms with Crippen LogP contribution in [0.2, 0.25) is 0 Å². The van der Waals surface area contributed by atoms with Gasteiger partial charge in [0.05, 0.1) is 0 Å². The molecule has 5 nitrogen and oxygen atoms in total. The fourth-order valence-corrected chi connectivity index (χ4v) is 3.23. The molecule has 0 amide bonds. The molecule has 1 unspecified atom stereocenters. The molecule has 1 aliphatic heterocycles. The fraction of sp³-hybridized carbons (Fsp3) is 0.625. The van der Waals surface area contributed by atoms with Crippen LogP contribution in [0.4, 0.5) is 0 Å². The van der Waals surface area contributed by atoms with Crippen molar-refractivity contribution in [3.63, 3.8) is 0 Å². The van der Waals surface area contributed by atoms with Crippen molar-refractivity contribution in [1.29, 1.82) is 0 Å². The molecule has 1 aliphatic rings. The second kappa shape index (κ2) is 6.12. The number of nitrogens with zero attached hydrogens (tertiary/aromatic N) is 4. The molecular formula is C16H25N5. The first-order valence-corrected chi connectivity index (χ1v) is 7.94. The van der Waals surface area contributed by atoms with Crippen molar-refractivity contribution in [3.8, 4) is 0 Å². The van der Waals surface area contributed by atoms with Crippen LogP contribution in [-0.4, -0.2) is 38.6 Å². The number of likely N-dealkylation sites (tertiary alicyclic amines) is 1. The van der Waals surface area contributed by atoms with Crippen molar-refractivity contribution in [2.24, 2.45) is 11.7 Å². The number of aromatic nitrogens is 3. The van der Waals surface area contributed by atoms with Gasteiger partial charge in [-0.05, 0) is 50.8 Å². The Morgan fingerprint density at radius 3 is 2.95 bits per heavy atom. The van der Waals surface area contributed by atoms with Gasteiger partial charge in [0, 0.05) is 31.7 Å². The molecule has 2 aromatic heterocycles. The Morgan fingerprint density at radius 2 is 2.19 bits per heavy atom. The summed E-state index contributed by atoms with van der Waals surface area (Å²) >= 11 is 0. The summed E-state index contributed by atoms with van der Waals surface area (Å²) in [5.74, 6) is 1.74. The number of nitrogens with two attached hydrogens (primary N) is 1. The van der Waals surface area contributed by atoms with Gasteiger partial charge in [-0.1, -0.05) is 6.07 Å². The van der Waals surface area contributed by atoms with E-state index < -0.39 is 0 Å². The van der Waals surface area contributed by atoms with E-state index in [0.717, 1.165) is 23.5 Å². The van der Waals surface area contributed by atoms with E-state index >= 15 is 0 Å². The van der Waals surface area contributed by atoms with Crippen LogP contribution in [0.25, 0.3) is 5.65 Å². The molecular weight excluding hydrogens is 262 g/mol. The van der Waals surface area contributed by atoms with E-state index in [4.69, 9.17) is 5.73 Å². The highest BCUT2D eigenvalue weighted by molar-refractivity contribution is 5.39. The molecule has 0 aliphatic carbocycles. The second-order valence-electron chi connectivity index (χ2n) is 6.39. The lowest BCUT2D eigenvalue weighted by molar-refractivity contribution is 0.138. The zero-order chi connectivity index (χ0) is 14.8. The smallest absolute Gasteiger partial charge is 0.160 e. The summed E-state index contributed by atoms with van der Waals surface area (Å²) in [4.78, 5) is 2.57. The van der Waals surface area contributed by atoms with Crippen LogP contribution >= 0.6 is 0 Å². The molecule has 0 radical (unpaired) electrons. The van der Waals surface area contributed by atoms with Crippen molar-refractivity contribution in [2.75, 3.05) is 13.1 Å². The van der Waals surface area contributed by atoms with Gasteiger partial charge < -0.3 is 10.6 Å².